The van der Waals surface area contributed by atoms with Gasteiger partial charge in [0.15, 0.2) is 17.0 Å². The van der Waals surface area contributed by atoms with E-state index in [1.54, 1.807) is 6.33 Å². The van der Waals surface area contributed by atoms with Crippen LogP contribution in [0, 0.1) is 5.92 Å². The summed E-state index contributed by atoms with van der Waals surface area (Å²) in [7, 11) is 1.92. The molecule has 1 fully saturated rings. The average molecular weight is 536 g/mol. The number of aromatic nitrogens is 4. The first-order valence-electron chi connectivity index (χ1n) is 14.1. The Bertz CT molecular complexity index is 1250. The zero-order valence-electron chi connectivity index (χ0n) is 24.4. The monoisotopic (exact) mass is 535 g/mol. The molecule has 39 heavy (non-hydrogen) atoms. The first kappa shape index (κ1) is 28.6. The van der Waals surface area contributed by atoms with Crippen molar-refractivity contribution >= 4 is 34.6 Å². The molecule has 0 aliphatic carbocycles. The third-order valence-corrected chi connectivity index (χ3v) is 7.52. The van der Waals surface area contributed by atoms with Crippen LogP contribution in [0.15, 0.2) is 30.6 Å². The number of hydrogen-bond donors (Lipinski definition) is 3. The highest BCUT2D eigenvalue weighted by Crippen LogP contribution is 2.28. The number of piperidine rings is 1. The molecule has 2 amide bonds. The Hall–Kier alpha value is -3.40. The highest BCUT2D eigenvalue weighted by Gasteiger charge is 2.26. The molecule has 3 heterocycles. The van der Waals surface area contributed by atoms with Gasteiger partial charge in [-0.15, -0.1) is 0 Å². The second kappa shape index (κ2) is 12.2. The van der Waals surface area contributed by atoms with Crippen LogP contribution in [-0.4, -0.2) is 69.2 Å². The summed E-state index contributed by atoms with van der Waals surface area (Å²) < 4.78 is 1.88. The fourth-order valence-corrected chi connectivity index (χ4v) is 5.24. The van der Waals surface area contributed by atoms with Gasteiger partial charge in [-0.2, -0.15) is 9.97 Å². The number of fused-ring (bicyclic) bond motifs is 1. The molecule has 0 radical (unpaired) electrons. The van der Waals surface area contributed by atoms with Gasteiger partial charge in [-0.05, 0) is 62.1 Å². The maximum Gasteiger partial charge on any atom is 0.319 e. The predicted octanol–water partition coefficient (Wildman–Crippen LogP) is 4.38. The number of nitrogen functional groups attached to an aromatic ring is 1. The fraction of sp³-hybridized carbons (Fsp3) is 0.586. The summed E-state index contributed by atoms with van der Waals surface area (Å²) >= 11 is 0. The molecule has 1 unspecified atom stereocenters. The minimum Gasteiger partial charge on any atom is -0.368 e. The van der Waals surface area contributed by atoms with Crippen molar-refractivity contribution < 1.29 is 4.79 Å². The predicted molar refractivity (Wildman–Crippen MR) is 159 cm³/mol. The summed E-state index contributed by atoms with van der Waals surface area (Å²) in [6, 6.07) is 8.32. The van der Waals surface area contributed by atoms with Crippen molar-refractivity contribution in [2.24, 2.45) is 13.0 Å². The molecule has 10 nitrogen and oxygen atoms in total. The number of amides is 2. The molecule has 0 saturated carbocycles. The van der Waals surface area contributed by atoms with Gasteiger partial charge in [0.05, 0.1) is 6.33 Å². The van der Waals surface area contributed by atoms with E-state index in [0.717, 1.165) is 61.7 Å². The van der Waals surface area contributed by atoms with Crippen molar-refractivity contribution in [3.8, 4) is 0 Å². The van der Waals surface area contributed by atoms with Gasteiger partial charge in [0.1, 0.15) is 0 Å². The van der Waals surface area contributed by atoms with Gasteiger partial charge in [-0.3, -0.25) is 0 Å². The lowest BCUT2D eigenvalue weighted by molar-refractivity contribution is 0.174. The summed E-state index contributed by atoms with van der Waals surface area (Å²) in [4.78, 5) is 30.7. The van der Waals surface area contributed by atoms with Crippen LogP contribution in [0.3, 0.4) is 0 Å². The van der Waals surface area contributed by atoms with E-state index in [-0.39, 0.29) is 17.4 Å². The maximum absolute atomic E-state index is 12.4. The van der Waals surface area contributed by atoms with Crippen LogP contribution in [0.25, 0.3) is 11.2 Å². The number of nitrogens with two attached hydrogens (primary N) is 1. The largest absolute Gasteiger partial charge is 0.368 e. The van der Waals surface area contributed by atoms with Crippen molar-refractivity contribution in [2.75, 3.05) is 48.7 Å². The molecule has 212 valence electrons. The van der Waals surface area contributed by atoms with Gasteiger partial charge in [0.2, 0.25) is 5.95 Å². The Kier molecular flexibility index (Phi) is 8.94. The molecule has 10 heteroatoms. The van der Waals surface area contributed by atoms with Crippen LogP contribution in [0.2, 0.25) is 0 Å². The minimum absolute atomic E-state index is 0.0918. The molecule has 0 bridgehead atoms. The highest BCUT2D eigenvalue weighted by atomic mass is 16.2. The molecule has 4 rings (SSSR count). The maximum atomic E-state index is 12.4. The Morgan fingerprint density at radius 1 is 1.21 bits per heavy atom. The van der Waals surface area contributed by atoms with E-state index >= 15 is 0 Å². The first-order chi connectivity index (χ1) is 18.5. The van der Waals surface area contributed by atoms with Gasteiger partial charge in [-0.25, -0.2) is 9.78 Å². The Labute approximate surface area is 232 Å². The highest BCUT2D eigenvalue weighted by molar-refractivity contribution is 5.89. The molecule has 1 aliphatic rings. The topological polar surface area (TPSA) is 117 Å². The number of urea groups is 1. The molecule has 3 aromatic rings. The smallest absolute Gasteiger partial charge is 0.319 e. The molecule has 0 spiro atoms. The minimum atomic E-state index is -0.164. The Morgan fingerprint density at radius 2 is 1.95 bits per heavy atom. The number of benzene rings is 1. The number of carbonyl (C=O) groups excluding carboxylic acids is 1. The van der Waals surface area contributed by atoms with Gasteiger partial charge in [0.25, 0.3) is 0 Å². The van der Waals surface area contributed by atoms with Crippen LogP contribution >= 0.6 is 0 Å². The van der Waals surface area contributed by atoms with Crippen molar-refractivity contribution in [3.63, 3.8) is 0 Å². The number of carbonyl (C=O) groups is 1. The summed E-state index contributed by atoms with van der Waals surface area (Å²) in [6.07, 6.45) is 4.94. The molecule has 2 aromatic heterocycles. The lowest BCUT2D eigenvalue weighted by atomic mass is 9.87. The SMILES string of the molecule is CC(C)N(CCCNC(=O)Nc1ccc(C(C)(C)C)cc1)CC1CCCN(c2nc(N)nc3c2ncn3C)C1. The van der Waals surface area contributed by atoms with E-state index in [4.69, 9.17) is 5.73 Å². The quantitative estimate of drug-likeness (QED) is 0.348. The number of hydrogen-bond acceptors (Lipinski definition) is 7. The van der Waals surface area contributed by atoms with E-state index < -0.39 is 0 Å². The fourth-order valence-electron chi connectivity index (χ4n) is 5.24. The van der Waals surface area contributed by atoms with Crippen molar-refractivity contribution in [1.82, 2.24) is 29.7 Å². The number of rotatable bonds is 9. The van der Waals surface area contributed by atoms with E-state index in [0.29, 0.717) is 18.5 Å². The third kappa shape index (κ3) is 7.38. The summed E-state index contributed by atoms with van der Waals surface area (Å²) in [6.45, 7) is 15.4. The second-order valence-electron chi connectivity index (χ2n) is 12.0. The first-order valence-corrected chi connectivity index (χ1v) is 14.1. The summed E-state index contributed by atoms with van der Waals surface area (Å²) in [5.41, 5.74) is 9.75. The normalized spacial score (nSPS) is 16.3. The number of imidazole rings is 1. The number of aryl methyl sites for hydroxylation is 1. The van der Waals surface area contributed by atoms with Crippen LogP contribution in [-0.2, 0) is 12.5 Å². The molecule has 1 aliphatic heterocycles. The van der Waals surface area contributed by atoms with Crippen molar-refractivity contribution in [3.05, 3.63) is 36.2 Å². The lowest BCUT2D eigenvalue weighted by Crippen LogP contribution is -2.44. The van der Waals surface area contributed by atoms with E-state index in [2.05, 4.69) is 82.1 Å². The summed E-state index contributed by atoms with van der Waals surface area (Å²) in [5, 5.41) is 5.95. The molecule has 1 atom stereocenters. The Balaban J connectivity index is 1.26. The van der Waals surface area contributed by atoms with Crippen molar-refractivity contribution in [2.45, 2.75) is 65.3 Å². The van der Waals surface area contributed by atoms with Gasteiger partial charge < -0.3 is 30.7 Å². The van der Waals surface area contributed by atoms with Crippen LogP contribution in [0.1, 0.15) is 59.4 Å². The number of anilines is 3. The van der Waals surface area contributed by atoms with E-state index in [9.17, 15) is 4.79 Å². The van der Waals surface area contributed by atoms with Crippen LogP contribution < -0.4 is 21.3 Å². The van der Waals surface area contributed by atoms with Crippen molar-refractivity contribution in [1.29, 1.82) is 0 Å². The van der Waals surface area contributed by atoms with Crippen LogP contribution in [0.4, 0.5) is 22.2 Å². The van der Waals surface area contributed by atoms with Gasteiger partial charge in [0, 0.05) is 51.5 Å². The molecule has 1 saturated heterocycles. The molecular formula is C29H45N9O. The second-order valence-corrected chi connectivity index (χ2v) is 12.0. The standard InChI is InChI=1S/C29H45N9O/c1-20(2)37(16-8-14-31-28(39)33-23-12-10-22(11-13-23)29(3,4)5)17-21-9-7-15-38(18-21)26-24-25(34-27(30)35-26)36(6)19-32-24/h10-13,19-21H,7-9,14-18H2,1-6H3,(H2,30,34,35)(H2,31,33,39). The molecule has 1 aromatic carbocycles. The van der Waals surface area contributed by atoms with Crippen LogP contribution in [0.5, 0.6) is 0 Å². The zero-order valence-corrected chi connectivity index (χ0v) is 24.4. The van der Waals surface area contributed by atoms with Gasteiger partial charge in [-0.1, -0.05) is 32.9 Å². The Morgan fingerprint density at radius 3 is 2.64 bits per heavy atom. The molecule has 4 N–H and O–H groups in total. The average Bonchev–Trinajstić information content (AvgIpc) is 3.25. The van der Waals surface area contributed by atoms with Gasteiger partial charge >= 0.3 is 6.03 Å². The number of nitrogens with one attached hydrogen (secondary N) is 2. The zero-order chi connectivity index (χ0) is 28.2. The summed E-state index contributed by atoms with van der Waals surface area (Å²) in [5.74, 6) is 1.64. The lowest BCUT2D eigenvalue weighted by Gasteiger charge is -2.37. The molecular weight excluding hydrogens is 490 g/mol. The van der Waals surface area contributed by atoms with E-state index in [1.165, 1.54) is 12.0 Å². The number of nitrogens with zero attached hydrogens (tertiary/aromatic N) is 6. The van der Waals surface area contributed by atoms with E-state index in [1.807, 2.05) is 23.7 Å². The third-order valence-electron chi connectivity index (χ3n) is 7.52.